The van der Waals surface area contributed by atoms with Crippen LogP contribution in [0.5, 0.6) is 0 Å². The number of fused-ring (bicyclic) bond motifs is 3. The third-order valence-corrected chi connectivity index (χ3v) is 5.27. The molecular weight excluding hydrogens is 334 g/mol. The van der Waals surface area contributed by atoms with Crippen molar-refractivity contribution in [2.45, 2.75) is 32.6 Å². The van der Waals surface area contributed by atoms with Gasteiger partial charge in [-0.15, -0.1) is 0 Å². The summed E-state index contributed by atoms with van der Waals surface area (Å²) in [6.45, 7) is 4.39. The lowest BCUT2D eigenvalue weighted by molar-refractivity contribution is -0.115. The molecule has 0 unspecified atom stereocenters. The second-order valence-electron chi connectivity index (χ2n) is 7.08. The summed E-state index contributed by atoms with van der Waals surface area (Å²) in [6, 6.07) is 20.3. The lowest BCUT2D eigenvalue weighted by Gasteiger charge is -2.10. The minimum atomic E-state index is -0.0399. The summed E-state index contributed by atoms with van der Waals surface area (Å²) in [4.78, 5) is 12.6. The zero-order valence-corrected chi connectivity index (χ0v) is 15.7. The van der Waals surface area contributed by atoms with Crippen LogP contribution in [0.1, 0.15) is 37.3 Å². The van der Waals surface area contributed by atoms with Gasteiger partial charge >= 0.3 is 0 Å². The monoisotopic (exact) mass is 357 g/mol. The molecule has 1 aromatic heterocycles. The number of hydrogen-bond donors (Lipinski definition) is 1. The van der Waals surface area contributed by atoms with Crippen LogP contribution in [-0.2, 0) is 11.2 Å². The Bertz CT molecular complexity index is 1090. The Balaban J connectivity index is 1.55. The lowest BCUT2D eigenvalue weighted by Crippen LogP contribution is -2.14. The fourth-order valence-corrected chi connectivity index (χ4v) is 3.51. The third-order valence-electron chi connectivity index (χ3n) is 5.27. The standard InChI is InChI=1S/C24H23NO2/c1-3-16(2)17-8-11-20(12-9-17)25-23(26)14-19-15-27-22-13-10-18-6-4-5-7-21(18)24(19)22/h4-13,15-16H,3,14H2,1-2H3,(H,25,26)/t16-/m1/s1. The van der Waals surface area contributed by atoms with Gasteiger partial charge in [-0.2, -0.15) is 0 Å². The molecular formula is C24H23NO2. The summed E-state index contributed by atoms with van der Waals surface area (Å²) in [5.41, 5.74) is 3.84. The van der Waals surface area contributed by atoms with Gasteiger partial charge in [-0.25, -0.2) is 0 Å². The van der Waals surface area contributed by atoms with Crippen molar-refractivity contribution in [2.75, 3.05) is 5.32 Å². The van der Waals surface area contributed by atoms with Crippen molar-refractivity contribution in [1.29, 1.82) is 0 Å². The van der Waals surface area contributed by atoms with Crippen molar-refractivity contribution in [3.8, 4) is 0 Å². The second-order valence-corrected chi connectivity index (χ2v) is 7.08. The Morgan fingerprint density at radius 1 is 1.04 bits per heavy atom. The lowest BCUT2D eigenvalue weighted by atomic mass is 9.98. The van der Waals surface area contributed by atoms with Crippen LogP contribution in [-0.4, -0.2) is 5.91 Å². The van der Waals surface area contributed by atoms with Crippen LogP contribution in [0.2, 0.25) is 0 Å². The third kappa shape index (κ3) is 3.45. The van der Waals surface area contributed by atoms with Gasteiger partial charge in [-0.3, -0.25) is 4.79 Å². The van der Waals surface area contributed by atoms with Crippen LogP contribution in [0, 0.1) is 0 Å². The van der Waals surface area contributed by atoms with Gasteiger partial charge in [0.25, 0.3) is 0 Å². The van der Waals surface area contributed by atoms with E-state index in [1.165, 1.54) is 5.56 Å². The van der Waals surface area contributed by atoms with Gasteiger partial charge in [0.1, 0.15) is 5.58 Å². The van der Waals surface area contributed by atoms with Crippen LogP contribution < -0.4 is 5.32 Å². The molecule has 0 spiro atoms. The molecule has 0 saturated heterocycles. The summed E-state index contributed by atoms with van der Waals surface area (Å²) in [5, 5.41) is 6.28. The Morgan fingerprint density at radius 3 is 2.59 bits per heavy atom. The van der Waals surface area contributed by atoms with E-state index >= 15 is 0 Å². The van der Waals surface area contributed by atoms with Gasteiger partial charge in [-0.05, 0) is 46.9 Å². The van der Waals surface area contributed by atoms with Gasteiger partial charge in [0, 0.05) is 16.6 Å². The van der Waals surface area contributed by atoms with E-state index in [1.807, 2.05) is 36.4 Å². The predicted octanol–water partition coefficient (Wildman–Crippen LogP) is 6.28. The highest BCUT2D eigenvalue weighted by atomic mass is 16.3. The molecule has 1 amide bonds. The average molecular weight is 357 g/mol. The van der Waals surface area contributed by atoms with E-state index in [0.29, 0.717) is 5.92 Å². The molecule has 0 aliphatic carbocycles. The number of nitrogens with one attached hydrogen (secondary N) is 1. The Morgan fingerprint density at radius 2 is 1.81 bits per heavy atom. The van der Waals surface area contributed by atoms with Gasteiger partial charge in [0.2, 0.25) is 5.91 Å². The second kappa shape index (κ2) is 7.28. The molecule has 27 heavy (non-hydrogen) atoms. The fraction of sp³-hybridized carbons (Fsp3) is 0.208. The van der Waals surface area contributed by atoms with Crippen LogP contribution in [0.3, 0.4) is 0 Å². The fourth-order valence-electron chi connectivity index (χ4n) is 3.51. The molecule has 0 saturated carbocycles. The molecule has 0 aliphatic rings. The van der Waals surface area contributed by atoms with E-state index in [1.54, 1.807) is 6.26 Å². The van der Waals surface area contributed by atoms with Crippen molar-refractivity contribution in [3.63, 3.8) is 0 Å². The molecule has 0 bridgehead atoms. The van der Waals surface area contributed by atoms with Crippen molar-refractivity contribution in [2.24, 2.45) is 0 Å². The molecule has 3 heteroatoms. The number of amides is 1. The summed E-state index contributed by atoms with van der Waals surface area (Å²) >= 11 is 0. The normalized spacial score (nSPS) is 12.4. The molecule has 3 nitrogen and oxygen atoms in total. The van der Waals surface area contributed by atoms with Gasteiger partial charge < -0.3 is 9.73 Å². The van der Waals surface area contributed by atoms with E-state index in [2.05, 4.69) is 43.4 Å². The zero-order chi connectivity index (χ0) is 18.8. The molecule has 0 fully saturated rings. The zero-order valence-electron chi connectivity index (χ0n) is 15.7. The Labute approximate surface area is 159 Å². The van der Waals surface area contributed by atoms with E-state index < -0.39 is 0 Å². The van der Waals surface area contributed by atoms with E-state index in [9.17, 15) is 4.79 Å². The highest BCUT2D eigenvalue weighted by Gasteiger charge is 2.13. The maximum atomic E-state index is 12.6. The van der Waals surface area contributed by atoms with Gasteiger partial charge in [-0.1, -0.05) is 56.3 Å². The first-order chi connectivity index (χ1) is 13.2. The topological polar surface area (TPSA) is 42.2 Å². The number of hydrogen-bond acceptors (Lipinski definition) is 2. The molecule has 3 aromatic carbocycles. The maximum absolute atomic E-state index is 12.6. The van der Waals surface area contributed by atoms with Crippen LogP contribution in [0.4, 0.5) is 5.69 Å². The smallest absolute Gasteiger partial charge is 0.228 e. The molecule has 0 aliphatic heterocycles. The van der Waals surface area contributed by atoms with E-state index in [0.717, 1.165) is 39.4 Å². The molecule has 136 valence electrons. The minimum Gasteiger partial charge on any atom is -0.464 e. The Kier molecular flexibility index (Phi) is 4.68. The SMILES string of the molecule is CC[C@@H](C)c1ccc(NC(=O)Cc2coc3ccc4ccccc4c23)cc1. The summed E-state index contributed by atoms with van der Waals surface area (Å²) in [7, 11) is 0. The molecule has 0 radical (unpaired) electrons. The number of benzene rings is 3. The van der Waals surface area contributed by atoms with Crippen LogP contribution in [0.15, 0.2) is 71.3 Å². The van der Waals surface area contributed by atoms with Crippen molar-refractivity contribution in [3.05, 3.63) is 78.1 Å². The number of carbonyl (C=O) groups is 1. The summed E-state index contributed by atoms with van der Waals surface area (Å²) in [6.07, 6.45) is 3.09. The predicted molar refractivity (Wildman–Crippen MR) is 111 cm³/mol. The number of anilines is 1. The largest absolute Gasteiger partial charge is 0.464 e. The Hall–Kier alpha value is -3.07. The summed E-state index contributed by atoms with van der Waals surface area (Å²) in [5.74, 6) is 0.488. The highest BCUT2D eigenvalue weighted by molar-refractivity contribution is 6.09. The molecule has 1 heterocycles. The van der Waals surface area contributed by atoms with Crippen molar-refractivity contribution in [1.82, 2.24) is 0 Å². The summed E-state index contributed by atoms with van der Waals surface area (Å²) < 4.78 is 5.68. The van der Waals surface area contributed by atoms with Gasteiger partial charge in [0.15, 0.2) is 0 Å². The number of furan rings is 1. The molecule has 4 aromatic rings. The quantitative estimate of drug-likeness (QED) is 0.457. The first-order valence-corrected chi connectivity index (χ1v) is 9.43. The molecule has 4 rings (SSSR count). The van der Waals surface area contributed by atoms with E-state index in [-0.39, 0.29) is 12.3 Å². The van der Waals surface area contributed by atoms with E-state index in [4.69, 9.17) is 4.42 Å². The number of carbonyl (C=O) groups excluding carboxylic acids is 1. The first kappa shape index (κ1) is 17.3. The van der Waals surface area contributed by atoms with Crippen molar-refractivity contribution < 1.29 is 9.21 Å². The van der Waals surface area contributed by atoms with Crippen LogP contribution in [0.25, 0.3) is 21.7 Å². The molecule has 1 N–H and O–H groups in total. The first-order valence-electron chi connectivity index (χ1n) is 9.43. The van der Waals surface area contributed by atoms with Crippen LogP contribution >= 0.6 is 0 Å². The highest BCUT2D eigenvalue weighted by Crippen LogP contribution is 2.30. The maximum Gasteiger partial charge on any atom is 0.228 e. The van der Waals surface area contributed by atoms with Gasteiger partial charge in [0.05, 0.1) is 12.7 Å². The van der Waals surface area contributed by atoms with Crippen molar-refractivity contribution >= 4 is 33.3 Å². The molecule has 1 atom stereocenters. The minimum absolute atomic E-state index is 0.0399. The number of rotatable bonds is 5. The average Bonchev–Trinajstić information content (AvgIpc) is 3.11.